The number of methoxy groups -OCH3 is 3. The summed E-state index contributed by atoms with van der Waals surface area (Å²) in [6, 6.07) is 8.57. The Labute approximate surface area is 185 Å². The van der Waals surface area contributed by atoms with Gasteiger partial charge in [-0.25, -0.2) is 17.9 Å². The third kappa shape index (κ3) is 5.68. The third-order valence-corrected chi connectivity index (χ3v) is 6.15. The van der Waals surface area contributed by atoms with Gasteiger partial charge in [-0.2, -0.15) is 0 Å². The van der Waals surface area contributed by atoms with Crippen molar-refractivity contribution in [1.29, 1.82) is 0 Å². The van der Waals surface area contributed by atoms with E-state index < -0.39 is 21.9 Å². The molecule has 3 rings (SSSR count). The first-order valence-corrected chi connectivity index (χ1v) is 11.1. The van der Waals surface area contributed by atoms with Crippen LogP contribution in [0.3, 0.4) is 0 Å². The van der Waals surface area contributed by atoms with Gasteiger partial charge in [0.25, 0.3) is 5.91 Å². The number of hydrogen-bond donors (Lipinski definition) is 2. The van der Waals surface area contributed by atoms with Crippen molar-refractivity contribution in [3.8, 4) is 17.2 Å². The van der Waals surface area contributed by atoms with Crippen molar-refractivity contribution in [1.82, 2.24) is 4.72 Å². The van der Waals surface area contributed by atoms with Gasteiger partial charge in [-0.05, 0) is 49.2 Å². The molecule has 10 nitrogen and oxygen atoms in total. The first-order valence-electron chi connectivity index (χ1n) is 9.66. The van der Waals surface area contributed by atoms with E-state index in [1.54, 1.807) is 0 Å². The largest absolute Gasteiger partial charge is 0.495 e. The van der Waals surface area contributed by atoms with E-state index in [0.717, 1.165) is 12.8 Å². The van der Waals surface area contributed by atoms with Gasteiger partial charge in [0.1, 0.15) is 5.75 Å². The second kappa shape index (κ2) is 9.88. The predicted octanol–water partition coefficient (Wildman–Crippen LogP) is 1.95. The van der Waals surface area contributed by atoms with Crippen molar-refractivity contribution in [3.63, 3.8) is 0 Å². The molecule has 0 heterocycles. The first kappa shape index (κ1) is 23.4. The van der Waals surface area contributed by atoms with Gasteiger partial charge in [-0.1, -0.05) is 0 Å². The lowest BCUT2D eigenvalue weighted by Crippen LogP contribution is -2.26. The minimum atomic E-state index is -3.72. The van der Waals surface area contributed by atoms with Crippen LogP contribution in [0, 0.1) is 0 Å². The second-order valence-electron chi connectivity index (χ2n) is 6.94. The molecule has 172 valence electrons. The van der Waals surface area contributed by atoms with E-state index in [9.17, 15) is 18.0 Å². The number of benzene rings is 2. The number of amides is 1. The van der Waals surface area contributed by atoms with Gasteiger partial charge in [-0.3, -0.25) is 4.79 Å². The van der Waals surface area contributed by atoms with Gasteiger partial charge >= 0.3 is 5.97 Å². The zero-order valence-electron chi connectivity index (χ0n) is 17.8. The molecule has 32 heavy (non-hydrogen) atoms. The summed E-state index contributed by atoms with van der Waals surface area (Å²) < 4.78 is 48.0. The van der Waals surface area contributed by atoms with Gasteiger partial charge < -0.3 is 24.3 Å². The van der Waals surface area contributed by atoms with Crippen LogP contribution >= 0.6 is 0 Å². The molecule has 2 aromatic rings. The smallest absolute Gasteiger partial charge is 0.343 e. The summed E-state index contributed by atoms with van der Waals surface area (Å²) in [4.78, 5) is 24.2. The first-order chi connectivity index (χ1) is 15.3. The Hall–Kier alpha value is -3.31. The Morgan fingerprint density at radius 1 is 0.969 bits per heavy atom. The van der Waals surface area contributed by atoms with E-state index in [4.69, 9.17) is 14.2 Å². The molecule has 1 aliphatic rings. The molecule has 11 heteroatoms. The fourth-order valence-electron chi connectivity index (χ4n) is 2.76. The summed E-state index contributed by atoms with van der Waals surface area (Å²) in [5, 5.41) is 2.66. The molecule has 0 aromatic heterocycles. The molecule has 0 bridgehead atoms. The highest BCUT2D eigenvalue weighted by atomic mass is 32.2. The molecule has 0 radical (unpaired) electrons. The summed E-state index contributed by atoms with van der Waals surface area (Å²) >= 11 is 0. The summed E-state index contributed by atoms with van der Waals surface area (Å²) in [6.07, 6.45) is 1.60. The number of esters is 1. The molecule has 0 unspecified atom stereocenters. The maximum atomic E-state index is 12.9. The van der Waals surface area contributed by atoms with Crippen molar-refractivity contribution >= 4 is 27.6 Å². The third-order valence-electron chi connectivity index (χ3n) is 4.63. The number of anilines is 1. The van der Waals surface area contributed by atoms with E-state index in [1.165, 1.54) is 57.7 Å². The number of carbonyl (C=O) groups excluding carboxylic acids is 2. The maximum Gasteiger partial charge on any atom is 0.343 e. The van der Waals surface area contributed by atoms with E-state index in [1.807, 2.05) is 0 Å². The standard InChI is InChI=1S/C21H24N2O8S/c1-28-17-9-7-15(32(26,27)23-14-5-6-14)11-16(17)22-21(25)13-4-8-18(29-2)19(10-13)31-12-20(24)30-3/h4,7-11,14,23H,5-6,12H2,1-3H3,(H,22,25). The van der Waals surface area contributed by atoms with Gasteiger partial charge in [0.15, 0.2) is 18.1 Å². The molecule has 0 spiro atoms. The number of carbonyl (C=O) groups is 2. The Bertz CT molecular complexity index is 1110. The van der Waals surface area contributed by atoms with Crippen LogP contribution in [0.2, 0.25) is 0 Å². The zero-order valence-corrected chi connectivity index (χ0v) is 18.7. The summed E-state index contributed by atoms with van der Waals surface area (Å²) in [5.41, 5.74) is 0.376. The van der Waals surface area contributed by atoms with Crippen LogP contribution < -0.4 is 24.2 Å². The van der Waals surface area contributed by atoms with Crippen molar-refractivity contribution in [3.05, 3.63) is 42.0 Å². The summed E-state index contributed by atoms with van der Waals surface area (Å²) in [7, 11) is 0.349. The van der Waals surface area contributed by atoms with E-state index >= 15 is 0 Å². The number of rotatable bonds is 10. The van der Waals surface area contributed by atoms with Crippen LogP contribution in [0.25, 0.3) is 0 Å². The van der Waals surface area contributed by atoms with Gasteiger partial charge in [0.05, 0.1) is 31.9 Å². The Kier molecular flexibility index (Phi) is 7.21. The molecule has 1 amide bonds. The average Bonchev–Trinajstić information content (AvgIpc) is 3.60. The van der Waals surface area contributed by atoms with E-state index in [-0.39, 0.29) is 34.5 Å². The molecule has 0 atom stereocenters. The molecule has 0 saturated heterocycles. The molecule has 1 aliphatic carbocycles. The Balaban J connectivity index is 1.84. The summed E-state index contributed by atoms with van der Waals surface area (Å²) in [5.74, 6) is -0.354. The highest BCUT2D eigenvalue weighted by Gasteiger charge is 2.28. The molecule has 1 saturated carbocycles. The predicted molar refractivity (Wildman–Crippen MR) is 115 cm³/mol. The highest BCUT2D eigenvalue weighted by molar-refractivity contribution is 7.89. The highest BCUT2D eigenvalue weighted by Crippen LogP contribution is 2.31. The van der Waals surface area contributed by atoms with Crippen LogP contribution in [0.5, 0.6) is 17.2 Å². The Morgan fingerprint density at radius 3 is 2.28 bits per heavy atom. The molecule has 2 N–H and O–H groups in total. The van der Waals surface area contributed by atoms with Crippen molar-refractivity contribution in [2.75, 3.05) is 33.3 Å². The van der Waals surface area contributed by atoms with Crippen molar-refractivity contribution in [2.45, 2.75) is 23.8 Å². The zero-order chi connectivity index (χ0) is 23.3. The number of ether oxygens (including phenoxy) is 4. The fourth-order valence-corrected chi connectivity index (χ4v) is 4.09. The number of sulfonamides is 1. The van der Waals surface area contributed by atoms with Crippen LogP contribution in [-0.2, 0) is 19.6 Å². The normalized spacial score (nSPS) is 13.2. The lowest BCUT2D eigenvalue weighted by Gasteiger charge is -2.14. The topological polar surface area (TPSA) is 129 Å². The SMILES string of the molecule is COC(=O)COc1cc(C(=O)Nc2cc(S(=O)(=O)NC3CC3)ccc2OC)ccc1OC. The van der Waals surface area contributed by atoms with Gasteiger partial charge in [0, 0.05) is 11.6 Å². The number of nitrogens with one attached hydrogen (secondary N) is 2. The maximum absolute atomic E-state index is 12.9. The minimum absolute atomic E-state index is 0.0114. The fraction of sp³-hybridized carbons (Fsp3) is 0.333. The van der Waals surface area contributed by atoms with E-state index in [0.29, 0.717) is 11.5 Å². The molecular weight excluding hydrogens is 440 g/mol. The molecule has 0 aliphatic heterocycles. The van der Waals surface area contributed by atoms with E-state index in [2.05, 4.69) is 14.8 Å². The molecule has 2 aromatic carbocycles. The lowest BCUT2D eigenvalue weighted by molar-refractivity contribution is -0.142. The molecule has 1 fully saturated rings. The van der Waals surface area contributed by atoms with Crippen LogP contribution in [0.15, 0.2) is 41.3 Å². The lowest BCUT2D eigenvalue weighted by atomic mass is 10.1. The summed E-state index contributed by atoms with van der Waals surface area (Å²) in [6.45, 7) is -0.361. The molecular formula is C21H24N2O8S. The van der Waals surface area contributed by atoms with Crippen LogP contribution in [0.4, 0.5) is 5.69 Å². The monoisotopic (exact) mass is 464 g/mol. The second-order valence-corrected chi connectivity index (χ2v) is 8.66. The van der Waals surface area contributed by atoms with Crippen molar-refractivity contribution in [2.24, 2.45) is 0 Å². The van der Waals surface area contributed by atoms with Gasteiger partial charge in [-0.15, -0.1) is 0 Å². The van der Waals surface area contributed by atoms with Gasteiger partial charge in [0.2, 0.25) is 10.0 Å². The average molecular weight is 464 g/mol. The Morgan fingerprint density at radius 2 is 1.66 bits per heavy atom. The van der Waals surface area contributed by atoms with Crippen molar-refractivity contribution < 1.29 is 37.0 Å². The van der Waals surface area contributed by atoms with Crippen LogP contribution in [0.1, 0.15) is 23.2 Å². The minimum Gasteiger partial charge on any atom is -0.495 e. The number of hydrogen-bond acceptors (Lipinski definition) is 8. The van der Waals surface area contributed by atoms with Crippen LogP contribution in [-0.4, -0.2) is 54.3 Å². The quantitative estimate of drug-likeness (QED) is 0.511.